The summed E-state index contributed by atoms with van der Waals surface area (Å²) in [7, 11) is 1.30. The van der Waals surface area contributed by atoms with E-state index in [0.29, 0.717) is 18.7 Å². The largest absolute Gasteiger partial charge is 0.469 e. The van der Waals surface area contributed by atoms with Crippen LogP contribution in [0, 0.1) is 6.92 Å². The predicted molar refractivity (Wildman–Crippen MR) is 65.9 cm³/mol. The predicted octanol–water partition coefficient (Wildman–Crippen LogP) is 3.38. The fourth-order valence-corrected chi connectivity index (χ4v) is 1.60. The monoisotopic (exact) mass is 275 g/mol. The summed E-state index contributed by atoms with van der Waals surface area (Å²) < 4.78 is 42.5. The minimum Gasteiger partial charge on any atom is -0.469 e. The maximum absolute atomic E-state index is 12.7. The molecule has 6 heteroatoms. The molecule has 0 radical (unpaired) electrons. The van der Waals surface area contributed by atoms with E-state index in [1.807, 2.05) is 0 Å². The van der Waals surface area contributed by atoms with E-state index in [0.717, 1.165) is 6.07 Å². The van der Waals surface area contributed by atoms with Crippen LogP contribution in [0.2, 0.25) is 0 Å². The van der Waals surface area contributed by atoms with Crippen LogP contribution >= 0.6 is 0 Å². The third kappa shape index (κ3) is 4.81. The number of carbonyl (C=O) groups excluding carboxylic acids is 1. The quantitative estimate of drug-likeness (QED) is 0.661. The van der Waals surface area contributed by atoms with Gasteiger partial charge in [-0.15, -0.1) is 0 Å². The van der Waals surface area contributed by atoms with Gasteiger partial charge in [-0.1, -0.05) is 6.07 Å². The second-order valence-electron chi connectivity index (χ2n) is 4.13. The van der Waals surface area contributed by atoms with Gasteiger partial charge in [0.05, 0.1) is 12.7 Å². The van der Waals surface area contributed by atoms with E-state index in [4.69, 9.17) is 0 Å². The molecule has 0 aliphatic carbocycles. The highest BCUT2D eigenvalue weighted by molar-refractivity contribution is 5.69. The Morgan fingerprint density at radius 2 is 2.05 bits per heavy atom. The van der Waals surface area contributed by atoms with Crippen LogP contribution in [0.3, 0.4) is 0 Å². The molecule has 0 unspecified atom stereocenters. The van der Waals surface area contributed by atoms with Gasteiger partial charge in [0.25, 0.3) is 0 Å². The fourth-order valence-electron chi connectivity index (χ4n) is 1.60. The molecule has 19 heavy (non-hydrogen) atoms. The van der Waals surface area contributed by atoms with Gasteiger partial charge in [-0.2, -0.15) is 13.2 Å². The Balaban J connectivity index is 2.58. The lowest BCUT2D eigenvalue weighted by Crippen LogP contribution is -2.10. The maximum atomic E-state index is 12.7. The highest BCUT2D eigenvalue weighted by Gasteiger charge is 2.32. The lowest BCUT2D eigenvalue weighted by atomic mass is 10.1. The van der Waals surface area contributed by atoms with Crippen LogP contribution in [0.15, 0.2) is 18.2 Å². The van der Waals surface area contributed by atoms with Crippen molar-refractivity contribution in [1.29, 1.82) is 0 Å². The molecular weight excluding hydrogens is 259 g/mol. The van der Waals surface area contributed by atoms with Crippen LogP contribution in [-0.4, -0.2) is 19.6 Å². The van der Waals surface area contributed by atoms with Crippen molar-refractivity contribution < 1.29 is 22.7 Å². The van der Waals surface area contributed by atoms with Crippen molar-refractivity contribution in [2.75, 3.05) is 19.0 Å². The van der Waals surface area contributed by atoms with Crippen LogP contribution in [0.4, 0.5) is 18.9 Å². The fraction of sp³-hybridized carbons (Fsp3) is 0.462. The minimum absolute atomic E-state index is 0.188. The highest BCUT2D eigenvalue weighted by atomic mass is 19.4. The molecule has 1 N–H and O–H groups in total. The first kappa shape index (κ1) is 15.3. The van der Waals surface area contributed by atoms with Gasteiger partial charge in [0.1, 0.15) is 0 Å². The topological polar surface area (TPSA) is 38.3 Å². The van der Waals surface area contributed by atoms with Crippen molar-refractivity contribution in [3.05, 3.63) is 29.3 Å². The van der Waals surface area contributed by atoms with Gasteiger partial charge < -0.3 is 10.1 Å². The molecule has 0 amide bonds. The Bertz CT molecular complexity index is 444. The number of rotatable bonds is 5. The molecule has 0 saturated heterocycles. The molecule has 1 aromatic rings. The number of anilines is 1. The van der Waals surface area contributed by atoms with E-state index >= 15 is 0 Å². The molecule has 106 valence electrons. The van der Waals surface area contributed by atoms with Crippen molar-refractivity contribution in [3.8, 4) is 0 Å². The van der Waals surface area contributed by atoms with Gasteiger partial charge in [-0.05, 0) is 31.0 Å². The van der Waals surface area contributed by atoms with Crippen LogP contribution < -0.4 is 5.32 Å². The van der Waals surface area contributed by atoms with E-state index in [1.54, 1.807) is 6.07 Å². The number of esters is 1. The average Bonchev–Trinajstić information content (AvgIpc) is 2.34. The van der Waals surface area contributed by atoms with E-state index < -0.39 is 11.7 Å². The van der Waals surface area contributed by atoms with Crippen LogP contribution in [0.1, 0.15) is 24.0 Å². The number of halogens is 3. The van der Waals surface area contributed by atoms with Crippen molar-refractivity contribution in [2.45, 2.75) is 25.9 Å². The summed E-state index contributed by atoms with van der Waals surface area (Å²) in [5, 5.41) is 2.86. The molecule has 0 heterocycles. The molecule has 3 nitrogen and oxygen atoms in total. The number of methoxy groups -OCH3 is 1. The third-order valence-electron chi connectivity index (χ3n) is 2.66. The molecule has 0 aliphatic heterocycles. The standard InChI is InChI=1S/C13H16F3NO2/c1-9-5-6-10(8-11(9)13(14,15)16)17-7-3-4-12(18)19-2/h5-6,8,17H,3-4,7H2,1-2H3. The summed E-state index contributed by atoms with van der Waals surface area (Å²) >= 11 is 0. The van der Waals surface area contributed by atoms with Crippen LogP contribution in [0.5, 0.6) is 0 Å². The van der Waals surface area contributed by atoms with Crippen LogP contribution in [0.25, 0.3) is 0 Å². The molecular formula is C13H16F3NO2. The summed E-state index contributed by atoms with van der Waals surface area (Å²) in [4.78, 5) is 10.9. The lowest BCUT2D eigenvalue weighted by molar-refractivity contribution is -0.140. The first-order chi connectivity index (χ1) is 8.84. The Labute approximate surface area is 109 Å². The van der Waals surface area contributed by atoms with E-state index in [-0.39, 0.29) is 18.0 Å². The van der Waals surface area contributed by atoms with Crippen molar-refractivity contribution in [1.82, 2.24) is 0 Å². The zero-order chi connectivity index (χ0) is 14.5. The molecule has 0 aliphatic rings. The van der Waals surface area contributed by atoms with Gasteiger partial charge in [0.2, 0.25) is 0 Å². The summed E-state index contributed by atoms with van der Waals surface area (Å²) in [6, 6.07) is 4.08. The summed E-state index contributed by atoms with van der Waals surface area (Å²) in [5.41, 5.74) is -0.0686. The molecule has 0 atom stereocenters. The maximum Gasteiger partial charge on any atom is 0.416 e. The van der Waals surface area contributed by atoms with Crippen molar-refractivity contribution in [2.24, 2.45) is 0 Å². The van der Waals surface area contributed by atoms with Gasteiger partial charge >= 0.3 is 12.1 Å². The second kappa shape index (κ2) is 6.45. The average molecular weight is 275 g/mol. The summed E-state index contributed by atoms with van der Waals surface area (Å²) in [5.74, 6) is -0.332. The zero-order valence-electron chi connectivity index (χ0n) is 10.8. The molecule has 1 rings (SSSR count). The summed E-state index contributed by atoms with van der Waals surface area (Å²) in [6.45, 7) is 1.83. The van der Waals surface area contributed by atoms with Gasteiger partial charge in [0, 0.05) is 18.7 Å². The Morgan fingerprint density at radius 1 is 1.37 bits per heavy atom. The first-order valence-electron chi connectivity index (χ1n) is 5.83. The van der Waals surface area contributed by atoms with Crippen molar-refractivity contribution >= 4 is 11.7 Å². The molecule has 1 aromatic carbocycles. The number of alkyl halides is 3. The Morgan fingerprint density at radius 3 is 2.63 bits per heavy atom. The van der Waals surface area contributed by atoms with E-state index in [9.17, 15) is 18.0 Å². The number of ether oxygens (including phenoxy) is 1. The molecule has 0 spiro atoms. The molecule has 0 aromatic heterocycles. The number of hydrogen-bond donors (Lipinski definition) is 1. The molecule has 0 bridgehead atoms. The number of benzene rings is 1. The Hall–Kier alpha value is -1.72. The zero-order valence-corrected chi connectivity index (χ0v) is 10.8. The number of nitrogens with one attached hydrogen (secondary N) is 1. The molecule has 0 fully saturated rings. The van der Waals surface area contributed by atoms with Gasteiger partial charge in [-0.25, -0.2) is 0 Å². The van der Waals surface area contributed by atoms with Crippen molar-refractivity contribution in [3.63, 3.8) is 0 Å². The smallest absolute Gasteiger partial charge is 0.416 e. The van der Waals surface area contributed by atoms with Gasteiger partial charge in [0.15, 0.2) is 0 Å². The number of aryl methyl sites for hydroxylation is 1. The summed E-state index contributed by atoms with van der Waals surface area (Å²) in [6.07, 6.45) is -3.61. The third-order valence-corrected chi connectivity index (χ3v) is 2.66. The van der Waals surface area contributed by atoms with Crippen LogP contribution in [-0.2, 0) is 15.7 Å². The SMILES string of the molecule is COC(=O)CCCNc1ccc(C)c(C(F)(F)F)c1. The normalized spacial score (nSPS) is 11.2. The first-order valence-corrected chi connectivity index (χ1v) is 5.83. The number of hydrogen-bond acceptors (Lipinski definition) is 3. The van der Waals surface area contributed by atoms with E-state index in [1.165, 1.54) is 20.1 Å². The molecule has 0 saturated carbocycles. The Kier molecular flexibility index (Phi) is 5.20. The second-order valence-corrected chi connectivity index (χ2v) is 4.13. The minimum atomic E-state index is -4.35. The van der Waals surface area contributed by atoms with E-state index in [2.05, 4.69) is 10.1 Å². The number of carbonyl (C=O) groups is 1. The highest BCUT2D eigenvalue weighted by Crippen LogP contribution is 2.33. The lowest BCUT2D eigenvalue weighted by Gasteiger charge is -2.13. The van der Waals surface area contributed by atoms with Gasteiger partial charge in [-0.3, -0.25) is 4.79 Å².